The fourth-order valence-corrected chi connectivity index (χ4v) is 4.56. The first-order valence-electron chi connectivity index (χ1n) is 7.90. The molecule has 2 heterocycles. The molecule has 0 aromatic heterocycles. The first-order valence-corrected chi connectivity index (χ1v) is 9.51. The summed E-state index contributed by atoms with van der Waals surface area (Å²) in [6, 6.07) is 7.72. The highest BCUT2D eigenvalue weighted by Crippen LogP contribution is 2.39. The standard InChI is InChI=1S/C16H22N2O3S/c1-2-22(20,21)18-12-13(14-6-3-4-7-15(14)18)9-11-17-10-5-8-16(17)19/h3-4,6-7,13H,2,5,8-12H2,1H3. The lowest BCUT2D eigenvalue weighted by atomic mass is 9.98. The van der Waals surface area contributed by atoms with Crippen LogP contribution in [0.15, 0.2) is 24.3 Å². The lowest BCUT2D eigenvalue weighted by Gasteiger charge is -2.20. The van der Waals surface area contributed by atoms with Crippen molar-refractivity contribution in [2.45, 2.75) is 32.1 Å². The van der Waals surface area contributed by atoms with Crippen LogP contribution >= 0.6 is 0 Å². The van der Waals surface area contributed by atoms with E-state index in [1.165, 1.54) is 0 Å². The average Bonchev–Trinajstić information content (AvgIpc) is 3.09. The zero-order chi connectivity index (χ0) is 15.7. The Bertz CT molecular complexity index is 672. The van der Waals surface area contributed by atoms with E-state index in [1.807, 2.05) is 29.2 Å². The number of fused-ring (bicyclic) bond motifs is 1. The Labute approximate surface area is 132 Å². The van der Waals surface area contributed by atoms with Crippen LogP contribution in [0.1, 0.15) is 37.7 Å². The van der Waals surface area contributed by atoms with Gasteiger partial charge in [0.25, 0.3) is 0 Å². The molecule has 2 aliphatic rings. The maximum atomic E-state index is 12.3. The SMILES string of the molecule is CCS(=O)(=O)N1CC(CCN2CCCC2=O)c2ccccc21. The van der Waals surface area contributed by atoms with Crippen molar-refractivity contribution < 1.29 is 13.2 Å². The minimum absolute atomic E-state index is 0.110. The molecule has 2 aliphatic heterocycles. The lowest BCUT2D eigenvalue weighted by molar-refractivity contribution is -0.127. The van der Waals surface area contributed by atoms with Crippen molar-refractivity contribution in [3.63, 3.8) is 0 Å². The van der Waals surface area contributed by atoms with E-state index in [2.05, 4.69) is 0 Å². The van der Waals surface area contributed by atoms with E-state index in [0.29, 0.717) is 13.0 Å². The molecule has 1 aromatic carbocycles. The van der Waals surface area contributed by atoms with Gasteiger partial charge in [-0.1, -0.05) is 18.2 Å². The largest absolute Gasteiger partial charge is 0.343 e. The Hall–Kier alpha value is -1.56. The third kappa shape index (κ3) is 2.72. The molecular weight excluding hydrogens is 300 g/mol. The van der Waals surface area contributed by atoms with Crippen molar-refractivity contribution in [1.82, 2.24) is 4.90 Å². The van der Waals surface area contributed by atoms with Crippen molar-refractivity contribution in [1.29, 1.82) is 0 Å². The van der Waals surface area contributed by atoms with Crippen LogP contribution in [-0.2, 0) is 14.8 Å². The molecular formula is C16H22N2O3S. The average molecular weight is 322 g/mol. The Kier molecular flexibility index (Phi) is 4.12. The van der Waals surface area contributed by atoms with Crippen molar-refractivity contribution in [3.8, 4) is 0 Å². The number of sulfonamides is 1. The Balaban J connectivity index is 1.78. The van der Waals surface area contributed by atoms with E-state index in [-0.39, 0.29) is 17.6 Å². The van der Waals surface area contributed by atoms with Gasteiger partial charge < -0.3 is 4.90 Å². The van der Waals surface area contributed by atoms with Gasteiger partial charge in [-0.25, -0.2) is 8.42 Å². The van der Waals surface area contributed by atoms with E-state index in [4.69, 9.17) is 0 Å². The van der Waals surface area contributed by atoms with Gasteiger partial charge in [-0.2, -0.15) is 0 Å². The smallest absolute Gasteiger partial charge is 0.234 e. The second-order valence-corrected chi connectivity index (χ2v) is 8.14. The number of benzene rings is 1. The number of hydrogen-bond donors (Lipinski definition) is 0. The molecule has 5 nitrogen and oxygen atoms in total. The molecule has 22 heavy (non-hydrogen) atoms. The molecule has 1 aromatic rings. The van der Waals surface area contributed by atoms with Crippen molar-refractivity contribution in [2.75, 3.05) is 29.7 Å². The van der Waals surface area contributed by atoms with Gasteiger partial charge in [0.05, 0.1) is 11.4 Å². The summed E-state index contributed by atoms with van der Waals surface area (Å²) in [6.07, 6.45) is 2.41. The molecule has 0 N–H and O–H groups in total. The van der Waals surface area contributed by atoms with Gasteiger partial charge in [0.15, 0.2) is 0 Å². The van der Waals surface area contributed by atoms with Crippen LogP contribution in [0, 0.1) is 0 Å². The number of likely N-dealkylation sites (tertiary alicyclic amines) is 1. The Morgan fingerprint density at radius 1 is 1.27 bits per heavy atom. The van der Waals surface area contributed by atoms with E-state index < -0.39 is 10.0 Å². The predicted octanol–water partition coefficient (Wildman–Crippen LogP) is 1.95. The highest BCUT2D eigenvalue weighted by atomic mass is 32.2. The second-order valence-electron chi connectivity index (χ2n) is 5.96. The van der Waals surface area contributed by atoms with Crippen LogP contribution in [0.5, 0.6) is 0 Å². The number of para-hydroxylation sites is 1. The fraction of sp³-hybridized carbons (Fsp3) is 0.562. The molecule has 1 unspecified atom stereocenters. The van der Waals surface area contributed by atoms with Gasteiger partial charge in [0.2, 0.25) is 15.9 Å². The molecule has 1 amide bonds. The van der Waals surface area contributed by atoms with E-state index >= 15 is 0 Å². The zero-order valence-electron chi connectivity index (χ0n) is 12.9. The number of amides is 1. The Morgan fingerprint density at radius 3 is 2.73 bits per heavy atom. The van der Waals surface area contributed by atoms with E-state index in [9.17, 15) is 13.2 Å². The van der Waals surface area contributed by atoms with Crippen LogP contribution in [0.2, 0.25) is 0 Å². The van der Waals surface area contributed by atoms with Gasteiger partial charge in [-0.3, -0.25) is 9.10 Å². The number of carbonyl (C=O) groups excluding carboxylic acids is 1. The van der Waals surface area contributed by atoms with Gasteiger partial charge in [0.1, 0.15) is 0 Å². The second kappa shape index (κ2) is 5.91. The van der Waals surface area contributed by atoms with Crippen LogP contribution in [0.25, 0.3) is 0 Å². The molecule has 0 radical (unpaired) electrons. The summed E-state index contributed by atoms with van der Waals surface area (Å²) in [7, 11) is -3.24. The molecule has 0 saturated carbocycles. The minimum Gasteiger partial charge on any atom is -0.343 e. The van der Waals surface area contributed by atoms with Gasteiger partial charge in [0, 0.05) is 32.0 Å². The fourth-order valence-electron chi connectivity index (χ4n) is 3.37. The maximum absolute atomic E-state index is 12.3. The lowest BCUT2D eigenvalue weighted by Crippen LogP contribution is -2.32. The first kappa shape index (κ1) is 15.3. The highest BCUT2D eigenvalue weighted by molar-refractivity contribution is 7.92. The Morgan fingerprint density at radius 2 is 2.05 bits per heavy atom. The zero-order valence-corrected chi connectivity index (χ0v) is 13.7. The summed E-state index contributed by atoms with van der Waals surface area (Å²) in [5, 5.41) is 0. The third-order valence-corrected chi connectivity index (χ3v) is 6.40. The molecule has 0 bridgehead atoms. The summed E-state index contributed by atoms with van der Waals surface area (Å²) in [5.41, 5.74) is 1.90. The molecule has 6 heteroatoms. The monoisotopic (exact) mass is 322 g/mol. The number of rotatable bonds is 5. The molecule has 1 atom stereocenters. The van der Waals surface area contributed by atoms with E-state index in [0.717, 1.165) is 37.2 Å². The van der Waals surface area contributed by atoms with Crippen LogP contribution in [-0.4, -0.2) is 44.6 Å². The molecule has 0 spiro atoms. The number of hydrogen-bond acceptors (Lipinski definition) is 3. The topological polar surface area (TPSA) is 57.7 Å². The van der Waals surface area contributed by atoms with Crippen molar-refractivity contribution >= 4 is 21.6 Å². The van der Waals surface area contributed by atoms with Crippen LogP contribution in [0.3, 0.4) is 0 Å². The minimum atomic E-state index is -3.24. The number of nitrogens with zero attached hydrogens (tertiary/aromatic N) is 2. The molecule has 0 aliphatic carbocycles. The summed E-state index contributed by atoms with van der Waals surface area (Å²) >= 11 is 0. The normalized spacial score (nSPS) is 21.5. The molecule has 3 rings (SSSR count). The first-order chi connectivity index (χ1) is 10.5. The molecule has 1 saturated heterocycles. The summed E-state index contributed by atoms with van der Waals surface area (Å²) in [5.74, 6) is 0.508. The predicted molar refractivity (Wildman–Crippen MR) is 86.4 cm³/mol. The maximum Gasteiger partial charge on any atom is 0.234 e. The van der Waals surface area contributed by atoms with Crippen LogP contribution in [0.4, 0.5) is 5.69 Å². The molecule has 120 valence electrons. The van der Waals surface area contributed by atoms with Crippen molar-refractivity contribution in [2.24, 2.45) is 0 Å². The number of anilines is 1. The number of carbonyl (C=O) groups is 1. The highest BCUT2D eigenvalue weighted by Gasteiger charge is 2.35. The molecule has 1 fully saturated rings. The van der Waals surface area contributed by atoms with E-state index in [1.54, 1.807) is 11.2 Å². The van der Waals surface area contributed by atoms with Gasteiger partial charge in [-0.15, -0.1) is 0 Å². The summed E-state index contributed by atoms with van der Waals surface area (Å²) in [4.78, 5) is 13.6. The van der Waals surface area contributed by atoms with Crippen LogP contribution < -0.4 is 4.31 Å². The van der Waals surface area contributed by atoms with Gasteiger partial charge >= 0.3 is 0 Å². The quantitative estimate of drug-likeness (QED) is 0.832. The third-order valence-electron chi connectivity index (χ3n) is 4.65. The van der Waals surface area contributed by atoms with Crippen molar-refractivity contribution in [3.05, 3.63) is 29.8 Å². The summed E-state index contributed by atoms with van der Waals surface area (Å²) in [6.45, 7) is 3.73. The van der Waals surface area contributed by atoms with Gasteiger partial charge in [-0.05, 0) is 31.4 Å². The summed E-state index contributed by atoms with van der Waals surface area (Å²) < 4.78 is 26.1.